The van der Waals surface area contributed by atoms with E-state index in [9.17, 15) is 0 Å². The van der Waals surface area contributed by atoms with Crippen molar-refractivity contribution in [1.29, 1.82) is 0 Å². The van der Waals surface area contributed by atoms with Gasteiger partial charge >= 0.3 is 0 Å². The molecule has 2 aromatic carbocycles. The number of ether oxygens (including phenoxy) is 1. The highest BCUT2D eigenvalue weighted by molar-refractivity contribution is 6.30. The minimum Gasteiger partial charge on any atom is -0.457 e. The van der Waals surface area contributed by atoms with Gasteiger partial charge in [-0.15, -0.1) is 0 Å². The van der Waals surface area contributed by atoms with Gasteiger partial charge in [0, 0.05) is 17.1 Å². The number of benzene rings is 2. The van der Waals surface area contributed by atoms with Gasteiger partial charge in [-0.25, -0.2) is 0 Å². The molecule has 2 nitrogen and oxygen atoms in total. The van der Waals surface area contributed by atoms with Crippen molar-refractivity contribution in [3.63, 3.8) is 0 Å². The van der Waals surface area contributed by atoms with Gasteiger partial charge in [0.1, 0.15) is 11.5 Å². The van der Waals surface area contributed by atoms with Crippen LogP contribution in [0.5, 0.6) is 11.5 Å². The highest BCUT2D eigenvalue weighted by Gasteiger charge is 2.07. The van der Waals surface area contributed by atoms with Gasteiger partial charge in [0.05, 0.1) is 0 Å². The van der Waals surface area contributed by atoms with Crippen LogP contribution in [0.15, 0.2) is 36.4 Å². The van der Waals surface area contributed by atoms with Crippen molar-refractivity contribution in [2.45, 2.75) is 27.3 Å². The Morgan fingerprint density at radius 2 is 1.85 bits per heavy atom. The molecule has 0 aromatic heterocycles. The average Bonchev–Trinajstić information content (AvgIpc) is 2.43. The summed E-state index contributed by atoms with van der Waals surface area (Å²) in [7, 11) is 0. The maximum atomic E-state index is 6.05. The molecule has 0 fully saturated rings. The van der Waals surface area contributed by atoms with E-state index in [0.29, 0.717) is 5.02 Å². The molecular formula is C17H20ClNO. The highest BCUT2D eigenvalue weighted by Crippen LogP contribution is 2.30. The summed E-state index contributed by atoms with van der Waals surface area (Å²) in [5.41, 5.74) is 3.46. The first-order chi connectivity index (χ1) is 9.60. The number of nitrogens with one attached hydrogen (secondary N) is 1. The van der Waals surface area contributed by atoms with E-state index in [1.807, 2.05) is 31.2 Å². The van der Waals surface area contributed by atoms with Gasteiger partial charge in [-0.2, -0.15) is 0 Å². The first-order valence-corrected chi connectivity index (χ1v) is 7.22. The van der Waals surface area contributed by atoms with Gasteiger partial charge in [0.25, 0.3) is 0 Å². The molecule has 0 radical (unpaired) electrons. The van der Waals surface area contributed by atoms with Crippen molar-refractivity contribution >= 4 is 11.6 Å². The van der Waals surface area contributed by atoms with Gasteiger partial charge in [0.2, 0.25) is 0 Å². The molecule has 1 N–H and O–H groups in total. The summed E-state index contributed by atoms with van der Waals surface area (Å²) >= 11 is 6.04. The van der Waals surface area contributed by atoms with Gasteiger partial charge in [0.15, 0.2) is 0 Å². The van der Waals surface area contributed by atoms with Crippen molar-refractivity contribution in [1.82, 2.24) is 5.32 Å². The largest absolute Gasteiger partial charge is 0.457 e. The summed E-state index contributed by atoms with van der Waals surface area (Å²) in [4.78, 5) is 0. The van der Waals surface area contributed by atoms with Gasteiger partial charge < -0.3 is 10.1 Å². The predicted octanol–water partition coefficient (Wildman–Crippen LogP) is 4.86. The highest BCUT2D eigenvalue weighted by atomic mass is 35.5. The molecule has 3 heteroatoms. The molecule has 0 spiro atoms. The lowest BCUT2D eigenvalue weighted by Gasteiger charge is -2.14. The molecule has 106 valence electrons. The quantitative estimate of drug-likeness (QED) is 0.849. The molecule has 2 aromatic rings. The van der Waals surface area contributed by atoms with Crippen LogP contribution in [0.25, 0.3) is 0 Å². The molecule has 0 heterocycles. The van der Waals surface area contributed by atoms with Crippen LogP contribution in [0, 0.1) is 13.8 Å². The number of aryl methyl sites for hydroxylation is 2. The Labute approximate surface area is 125 Å². The van der Waals surface area contributed by atoms with E-state index in [1.54, 1.807) is 0 Å². The van der Waals surface area contributed by atoms with E-state index in [-0.39, 0.29) is 0 Å². The zero-order chi connectivity index (χ0) is 14.5. The molecule has 0 unspecified atom stereocenters. The van der Waals surface area contributed by atoms with Crippen LogP contribution in [-0.4, -0.2) is 6.54 Å². The van der Waals surface area contributed by atoms with Gasteiger partial charge in [-0.1, -0.05) is 42.3 Å². The Hall–Kier alpha value is -1.51. The molecule has 0 aliphatic carbocycles. The second-order valence-electron chi connectivity index (χ2n) is 4.90. The number of halogens is 1. The SMILES string of the molecule is CCNCc1cc(C)ccc1Oc1cc(Cl)ccc1C. The molecule has 0 atom stereocenters. The maximum absolute atomic E-state index is 6.05. The van der Waals surface area contributed by atoms with Gasteiger partial charge in [-0.3, -0.25) is 0 Å². The fraction of sp³-hybridized carbons (Fsp3) is 0.294. The van der Waals surface area contributed by atoms with Crippen LogP contribution in [0.3, 0.4) is 0 Å². The zero-order valence-electron chi connectivity index (χ0n) is 12.2. The third kappa shape index (κ3) is 3.75. The summed E-state index contributed by atoms with van der Waals surface area (Å²) < 4.78 is 6.05. The molecule has 20 heavy (non-hydrogen) atoms. The van der Waals surface area contributed by atoms with Crippen molar-refractivity contribution in [3.05, 3.63) is 58.1 Å². The van der Waals surface area contributed by atoms with Crippen molar-refractivity contribution < 1.29 is 4.74 Å². The molecule has 0 saturated heterocycles. The minimum atomic E-state index is 0.686. The molecule has 0 amide bonds. The van der Waals surface area contributed by atoms with Crippen molar-refractivity contribution in [2.75, 3.05) is 6.54 Å². The maximum Gasteiger partial charge on any atom is 0.131 e. The fourth-order valence-corrected chi connectivity index (χ4v) is 2.17. The topological polar surface area (TPSA) is 21.3 Å². The molecule has 2 rings (SSSR count). The van der Waals surface area contributed by atoms with Gasteiger partial charge in [-0.05, 0) is 44.2 Å². The smallest absolute Gasteiger partial charge is 0.131 e. The fourth-order valence-electron chi connectivity index (χ4n) is 2.01. The Morgan fingerprint density at radius 1 is 1.05 bits per heavy atom. The summed E-state index contributed by atoms with van der Waals surface area (Å²) in [5, 5.41) is 4.02. The summed E-state index contributed by atoms with van der Waals surface area (Å²) in [6, 6.07) is 11.9. The van der Waals surface area contributed by atoms with Crippen LogP contribution >= 0.6 is 11.6 Å². The zero-order valence-corrected chi connectivity index (χ0v) is 12.9. The van der Waals surface area contributed by atoms with E-state index in [2.05, 4.69) is 31.3 Å². The predicted molar refractivity (Wildman–Crippen MR) is 84.8 cm³/mol. The summed E-state index contributed by atoms with van der Waals surface area (Å²) in [6.45, 7) is 7.93. The normalized spacial score (nSPS) is 10.6. The first-order valence-electron chi connectivity index (χ1n) is 6.84. The molecule has 0 saturated carbocycles. The number of hydrogen-bond acceptors (Lipinski definition) is 2. The Kier molecular flexibility index (Phi) is 5.05. The molecule has 0 aliphatic rings. The number of rotatable bonds is 5. The monoisotopic (exact) mass is 289 g/mol. The Bertz CT molecular complexity index is 596. The standard InChI is InChI=1S/C17H20ClNO/c1-4-19-11-14-9-12(2)5-8-16(14)20-17-10-15(18)7-6-13(17)3/h5-10,19H,4,11H2,1-3H3. The third-order valence-electron chi connectivity index (χ3n) is 3.15. The molecular weight excluding hydrogens is 270 g/mol. The lowest BCUT2D eigenvalue weighted by atomic mass is 10.1. The second-order valence-corrected chi connectivity index (χ2v) is 5.34. The van der Waals surface area contributed by atoms with E-state index in [4.69, 9.17) is 16.3 Å². The lowest BCUT2D eigenvalue weighted by Crippen LogP contribution is -2.12. The van der Waals surface area contributed by atoms with Crippen LogP contribution < -0.4 is 10.1 Å². The van der Waals surface area contributed by atoms with Crippen molar-refractivity contribution in [3.8, 4) is 11.5 Å². The van der Waals surface area contributed by atoms with Crippen LogP contribution in [0.2, 0.25) is 5.02 Å². The third-order valence-corrected chi connectivity index (χ3v) is 3.39. The van der Waals surface area contributed by atoms with E-state index < -0.39 is 0 Å². The number of hydrogen-bond donors (Lipinski definition) is 1. The first kappa shape index (κ1) is 14.9. The Balaban J connectivity index is 2.30. The average molecular weight is 290 g/mol. The van der Waals surface area contributed by atoms with E-state index in [1.165, 1.54) is 5.56 Å². The lowest BCUT2D eigenvalue weighted by molar-refractivity contribution is 0.469. The summed E-state index contributed by atoms with van der Waals surface area (Å²) in [5.74, 6) is 1.68. The second kappa shape index (κ2) is 6.78. The Morgan fingerprint density at radius 3 is 2.60 bits per heavy atom. The van der Waals surface area contributed by atoms with Crippen molar-refractivity contribution in [2.24, 2.45) is 0 Å². The molecule has 0 aliphatic heterocycles. The summed E-state index contributed by atoms with van der Waals surface area (Å²) in [6.07, 6.45) is 0. The van der Waals surface area contributed by atoms with E-state index in [0.717, 1.165) is 35.7 Å². The van der Waals surface area contributed by atoms with Crippen LogP contribution in [-0.2, 0) is 6.54 Å². The van der Waals surface area contributed by atoms with Crippen LogP contribution in [0.4, 0.5) is 0 Å². The molecule has 0 bridgehead atoms. The van der Waals surface area contributed by atoms with E-state index >= 15 is 0 Å². The van der Waals surface area contributed by atoms with Crippen LogP contribution in [0.1, 0.15) is 23.6 Å². The minimum absolute atomic E-state index is 0.686.